The molecule has 0 bridgehead atoms. The maximum absolute atomic E-state index is 2.33. The molecule has 0 aliphatic heterocycles. The molecule has 0 saturated carbocycles. The number of fused-ring (bicyclic) bond motifs is 1. The highest BCUT2D eigenvalue weighted by Gasteiger charge is 2.17. The van der Waals surface area contributed by atoms with Crippen LogP contribution in [0.25, 0.3) is 33.3 Å². The first-order valence-electron chi connectivity index (χ1n) is 9.52. The highest BCUT2D eigenvalue weighted by molar-refractivity contribution is 5.83. The average Bonchev–Trinajstić information content (AvgIpc) is 2.66. The summed E-state index contributed by atoms with van der Waals surface area (Å²) in [4.78, 5) is 0. The third-order valence-electron chi connectivity index (χ3n) is 5.65. The number of pyridine rings is 1. The molecule has 4 aromatic rings. The average molecular weight is 353 g/mol. The van der Waals surface area contributed by atoms with Crippen LogP contribution in [0, 0.1) is 27.7 Å². The van der Waals surface area contributed by atoms with Crippen molar-refractivity contribution in [3.05, 3.63) is 89.0 Å². The van der Waals surface area contributed by atoms with E-state index in [9.17, 15) is 0 Å². The molecule has 1 heteroatoms. The summed E-state index contributed by atoms with van der Waals surface area (Å²) in [6.07, 6.45) is 0. The Morgan fingerprint density at radius 3 is 2.04 bits per heavy atom. The lowest BCUT2D eigenvalue weighted by molar-refractivity contribution is -0.633. The zero-order valence-electron chi connectivity index (χ0n) is 16.8. The lowest BCUT2D eigenvalue weighted by Crippen LogP contribution is -2.32. The number of aromatic nitrogens is 1. The zero-order chi connectivity index (χ0) is 19.1. The van der Waals surface area contributed by atoms with Gasteiger partial charge in [-0.25, -0.2) is 0 Å². The first kappa shape index (κ1) is 17.5. The molecule has 4 rings (SSSR count). The molecule has 0 spiro atoms. The van der Waals surface area contributed by atoms with Crippen LogP contribution in [0.4, 0.5) is 0 Å². The highest BCUT2D eigenvalue weighted by atomic mass is 14.9. The minimum Gasteiger partial charge on any atom is -0.194 e. The smallest absolute Gasteiger partial charge is 0.194 e. The Kier molecular flexibility index (Phi) is 4.31. The van der Waals surface area contributed by atoms with Gasteiger partial charge in [-0.15, -0.1) is 0 Å². The summed E-state index contributed by atoms with van der Waals surface area (Å²) in [6.45, 7) is 8.72. The van der Waals surface area contributed by atoms with Crippen LogP contribution in [0.3, 0.4) is 0 Å². The van der Waals surface area contributed by atoms with Gasteiger partial charge in [0.15, 0.2) is 0 Å². The minimum absolute atomic E-state index is 1.25. The number of rotatable bonds is 2. The van der Waals surface area contributed by atoms with E-state index in [1.165, 1.54) is 55.5 Å². The van der Waals surface area contributed by atoms with Gasteiger partial charge in [-0.05, 0) is 68.1 Å². The fraction of sp³-hybridized carbons (Fsp3) is 0.192. The van der Waals surface area contributed by atoms with Crippen LogP contribution in [0.1, 0.15) is 22.3 Å². The van der Waals surface area contributed by atoms with Crippen LogP contribution < -0.4 is 4.57 Å². The summed E-state index contributed by atoms with van der Waals surface area (Å²) < 4.78 is 2.33. The van der Waals surface area contributed by atoms with Crippen LogP contribution in [0.2, 0.25) is 0 Å². The Morgan fingerprint density at radius 2 is 1.30 bits per heavy atom. The van der Waals surface area contributed by atoms with Crippen LogP contribution in [0.15, 0.2) is 66.7 Å². The zero-order valence-corrected chi connectivity index (χ0v) is 16.8. The summed E-state index contributed by atoms with van der Waals surface area (Å²) in [6, 6.07) is 24.5. The summed E-state index contributed by atoms with van der Waals surface area (Å²) in [5.41, 5.74) is 11.6. The van der Waals surface area contributed by atoms with Gasteiger partial charge in [0.05, 0.1) is 0 Å². The number of benzene rings is 3. The van der Waals surface area contributed by atoms with Gasteiger partial charge < -0.3 is 0 Å². The van der Waals surface area contributed by atoms with Crippen molar-refractivity contribution >= 4 is 10.9 Å². The van der Waals surface area contributed by atoms with Crippen LogP contribution >= 0.6 is 0 Å². The summed E-state index contributed by atoms with van der Waals surface area (Å²) in [5, 5.41) is 1.26. The second-order valence-corrected chi connectivity index (χ2v) is 7.67. The fourth-order valence-corrected chi connectivity index (χ4v) is 3.89. The van der Waals surface area contributed by atoms with Gasteiger partial charge in [-0.1, -0.05) is 47.5 Å². The Morgan fingerprint density at radius 1 is 0.630 bits per heavy atom. The molecule has 0 fully saturated rings. The largest absolute Gasteiger partial charge is 0.213 e. The van der Waals surface area contributed by atoms with Gasteiger partial charge in [-0.3, -0.25) is 0 Å². The van der Waals surface area contributed by atoms with Crippen molar-refractivity contribution in [3.8, 4) is 22.4 Å². The van der Waals surface area contributed by atoms with E-state index >= 15 is 0 Å². The molecule has 1 nitrogen and oxygen atoms in total. The van der Waals surface area contributed by atoms with E-state index in [1.54, 1.807) is 0 Å². The van der Waals surface area contributed by atoms with Crippen LogP contribution in [-0.4, -0.2) is 0 Å². The third kappa shape index (κ3) is 3.14. The number of hydrogen-bond acceptors (Lipinski definition) is 0. The minimum atomic E-state index is 1.25. The molecule has 0 radical (unpaired) electrons. The lowest BCUT2D eigenvalue weighted by Gasteiger charge is -2.11. The van der Waals surface area contributed by atoms with Crippen LogP contribution in [-0.2, 0) is 7.05 Å². The standard InChI is InChI=1S/C26H26N/c1-17-6-8-21(9-7-17)23-11-10-22-12-13-25(27(5)26(22)16-23)24-15-18(2)14-19(3)20(24)4/h6-16H,1-5H3/q+1. The second-order valence-electron chi connectivity index (χ2n) is 7.67. The molecule has 0 aliphatic rings. The van der Waals surface area contributed by atoms with Gasteiger partial charge in [0.2, 0.25) is 11.2 Å². The Balaban J connectivity index is 1.92. The van der Waals surface area contributed by atoms with Crippen LogP contribution in [0.5, 0.6) is 0 Å². The molecule has 0 N–H and O–H groups in total. The molecule has 134 valence electrons. The molecular formula is C26H26N+. The monoisotopic (exact) mass is 352 g/mol. The molecule has 1 aromatic heterocycles. The topological polar surface area (TPSA) is 3.88 Å². The van der Waals surface area contributed by atoms with Gasteiger partial charge in [0, 0.05) is 23.1 Å². The first-order chi connectivity index (χ1) is 12.9. The van der Waals surface area contributed by atoms with E-state index in [0.29, 0.717) is 0 Å². The van der Waals surface area contributed by atoms with Crippen molar-refractivity contribution in [2.75, 3.05) is 0 Å². The molecule has 3 aromatic carbocycles. The van der Waals surface area contributed by atoms with Crippen molar-refractivity contribution in [1.29, 1.82) is 0 Å². The third-order valence-corrected chi connectivity index (χ3v) is 5.65. The molecule has 27 heavy (non-hydrogen) atoms. The first-order valence-corrected chi connectivity index (χ1v) is 9.52. The highest BCUT2D eigenvalue weighted by Crippen LogP contribution is 2.28. The van der Waals surface area contributed by atoms with E-state index in [4.69, 9.17) is 0 Å². The second kappa shape index (κ2) is 6.66. The van der Waals surface area contributed by atoms with Gasteiger partial charge in [-0.2, -0.15) is 4.57 Å². The van der Waals surface area contributed by atoms with Crippen molar-refractivity contribution < 1.29 is 4.57 Å². The lowest BCUT2D eigenvalue weighted by atomic mass is 9.96. The van der Waals surface area contributed by atoms with Gasteiger partial charge in [0.1, 0.15) is 7.05 Å². The quantitative estimate of drug-likeness (QED) is 0.376. The van der Waals surface area contributed by atoms with Gasteiger partial charge >= 0.3 is 0 Å². The van der Waals surface area contributed by atoms with Crippen molar-refractivity contribution in [2.45, 2.75) is 27.7 Å². The normalized spacial score (nSPS) is 11.1. The predicted octanol–water partition coefficient (Wildman–Crippen LogP) is 6.23. The Hall–Kier alpha value is -2.93. The fourth-order valence-electron chi connectivity index (χ4n) is 3.89. The van der Waals surface area contributed by atoms with Crippen molar-refractivity contribution in [1.82, 2.24) is 0 Å². The van der Waals surface area contributed by atoms with E-state index in [-0.39, 0.29) is 0 Å². The number of aryl methyl sites for hydroxylation is 4. The molecule has 0 amide bonds. The molecule has 1 heterocycles. The van der Waals surface area contributed by atoms with Crippen molar-refractivity contribution in [2.24, 2.45) is 7.05 Å². The maximum atomic E-state index is 2.33. The molecular weight excluding hydrogens is 326 g/mol. The van der Waals surface area contributed by atoms with Gasteiger partial charge in [0.25, 0.3) is 0 Å². The van der Waals surface area contributed by atoms with E-state index in [0.717, 1.165) is 0 Å². The Bertz CT molecular complexity index is 1150. The van der Waals surface area contributed by atoms with E-state index < -0.39 is 0 Å². The van der Waals surface area contributed by atoms with Crippen molar-refractivity contribution in [3.63, 3.8) is 0 Å². The Labute approximate surface area is 161 Å². The van der Waals surface area contributed by atoms with E-state index in [2.05, 4.69) is 106 Å². The number of nitrogens with zero attached hydrogens (tertiary/aromatic N) is 1. The molecule has 0 saturated heterocycles. The SMILES string of the molecule is Cc1ccc(-c2ccc3ccc(-c4cc(C)cc(C)c4C)[n+](C)c3c2)cc1. The maximum Gasteiger partial charge on any atom is 0.213 e. The molecule has 0 aliphatic carbocycles. The number of hydrogen-bond donors (Lipinski definition) is 0. The van der Waals surface area contributed by atoms with E-state index in [1.807, 2.05) is 0 Å². The molecule has 0 unspecified atom stereocenters. The molecule has 0 atom stereocenters. The summed E-state index contributed by atoms with van der Waals surface area (Å²) in [5.74, 6) is 0. The summed E-state index contributed by atoms with van der Waals surface area (Å²) in [7, 11) is 2.17. The predicted molar refractivity (Wildman–Crippen MR) is 115 cm³/mol. The summed E-state index contributed by atoms with van der Waals surface area (Å²) >= 11 is 0.